The van der Waals surface area contributed by atoms with Crippen molar-refractivity contribution < 1.29 is 35.5 Å². The van der Waals surface area contributed by atoms with Crippen LogP contribution in [0.4, 0.5) is 26.3 Å². The number of hydrogen-bond acceptors (Lipinski definition) is 2. The van der Waals surface area contributed by atoms with Crippen LogP contribution in [0.25, 0.3) is 21.9 Å². The molecule has 0 radical (unpaired) electrons. The molecular weight excluding hydrogens is 712 g/mol. The second-order valence-corrected chi connectivity index (χ2v) is 17.6. The average Bonchev–Trinajstić information content (AvgIpc) is 3.17. The zero-order chi connectivity index (χ0) is 36.7. The zero-order valence-corrected chi connectivity index (χ0v) is 28.9. The minimum absolute atomic E-state index is 0.0333. The monoisotopic (exact) mass is 740 g/mol. The maximum absolute atomic E-state index is 16.0. The van der Waals surface area contributed by atoms with Gasteiger partial charge in [-0.05, 0) is 29.0 Å². The van der Waals surface area contributed by atoms with Crippen LogP contribution in [0.2, 0.25) is 0 Å². The highest BCUT2D eigenvalue weighted by atomic mass is 31.2. The van der Waals surface area contributed by atoms with Crippen LogP contribution in [0.1, 0.15) is 11.1 Å². The molecule has 0 N–H and O–H groups in total. The summed E-state index contributed by atoms with van der Waals surface area (Å²) < 4.78 is 123. The molecule has 10 heteroatoms. The van der Waals surface area contributed by atoms with Gasteiger partial charge < -0.3 is 9.13 Å². The molecule has 0 unspecified atom stereocenters. The number of hydrogen-bond donors (Lipinski definition) is 0. The molecule has 52 heavy (non-hydrogen) atoms. The van der Waals surface area contributed by atoms with Crippen LogP contribution in [0.3, 0.4) is 0 Å². The summed E-state index contributed by atoms with van der Waals surface area (Å²) in [7, 11) is -8.65. The molecule has 0 amide bonds. The van der Waals surface area contributed by atoms with Crippen LogP contribution in [0, 0.1) is 0 Å². The molecule has 7 rings (SSSR count). The van der Waals surface area contributed by atoms with E-state index in [1.165, 1.54) is 54.6 Å². The highest BCUT2D eigenvalue weighted by Gasteiger charge is 2.46. The van der Waals surface area contributed by atoms with Gasteiger partial charge in [0.05, 0.1) is 11.1 Å². The molecule has 0 aliphatic rings. The Hall–Kier alpha value is -5.16. The minimum atomic E-state index is -5.37. The Balaban J connectivity index is 1.77. The lowest BCUT2D eigenvalue weighted by Gasteiger charge is -2.30. The fourth-order valence-corrected chi connectivity index (χ4v) is 12.5. The van der Waals surface area contributed by atoms with Crippen LogP contribution in [0.5, 0.6) is 0 Å². The van der Waals surface area contributed by atoms with Crippen molar-refractivity contribution in [1.29, 1.82) is 0 Å². The van der Waals surface area contributed by atoms with E-state index in [0.29, 0.717) is 22.1 Å². The first-order valence-electron chi connectivity index (χ1n) is 16.1. The molecule has 260 valence electrons. The number of halogens is 6. The van der Waals surface area contributed by atoms with Crippen LogP contribution in [-0.4, -0.2) is 0 Å². The summed E-state index contributed by atoms with van der Waals surface area (Å²) in [6, 6.07) is 41.9. The Labute approximate surface area is 296 Å². The van der Waals surface area contributed by atoms with E-state index in [9.17, 15) is 13.2 Å². The maximum atomic E-state index is 16.0. The minimum Gasteiger partial charge on any atom is -0.309 e. The molecule has 0 saturated heterocycles. The molecule has 0 bridgehead atoms. The number of rotatable bonds is 7. The molecule has 0 fully saturated rings. The van der Waals surface area contributed by atoms with E-state index in [1.54, 1.807) is 103 Å². The number of benzene rings is 7. The van der Waals surface area contributed by atoms with Gasteiger partial charge in [-0.15, -0.1) is 0 Å². The lowest BCUT2D eigenvalue weighted by atomic mass is 9.92. The van der Waals surface area contributed by atoms with E-state index in [2.05, 4.69) is 0 Å². The van der Waals surface area contributed by atoms with Crippen molar-refractivity contribution in [2.45, 2.75) is 12.4 Å². The Morgan fingerprint density at radius 1 is 0.385 bits per heavy atom. The molecule has 0 heterocycles. The summed E-state index contributed by atoms with van der Waals surface area (Å²) in [6.07, 6.45) is -10.6. The summed E-state index contributed by atoms with van der Waals surface area (Å²) in [6.45, 7) is 0. The Morgan fingerprint density at radius 2 is 0.788 bits per heavy atom. The predicted octanol–water partition coefficient (Wildman–Crippen LogP) is 9.82. The van der Waals surface area contributed by atoms with Crippen molar-refractivity contribution in [3.05, 3.63) is 181 Å². The SMILES string of the molecule is O=P(c1ccccc1)(c1ccccc1)c1cc(C(F)(F)F)cc(C(F)(F)F)c1-c1c(P(=O)(c2ccccc2)c2ccccc2)ccc2ccccc12. The molecule has 0 aromatic heterocycles. The van der Waals surface area contributed by atoms with E-state index in [-0.39, 0.29) is 32.9 Å². The Morgan fingerprint density at radius 3 is 1.21 bits per heavy atom. The van der Waals surface area contributed by atoms with Gasteiger partial charge in [0, 0.05) is 43.0 Å². The van der Waals surface area contributed by atoms with Crippen molar-refractivity contribution in [3.8, 4) is 11.1 Å². The van der Waals surface area contributed by atoms with E-state index in [1.807, 2.05) is 0 Å². The van der Waals surface area contributed by atoms with Crippen molar-refractivity contribution in [1.82, 2.24) is 0 Å². The lowest BCUT2D eigenvalue weighted by molar-refractivity contribution is -0.142. The highest BCUT2D eigenvalue weighted by molar-refractivity contribution is 7.86. The molecule has 0 aliphatic heterocycles. The normalized spacial score (nSPS) is 12.6. The second kappa shape index (κ2) is 13.4. The van der Waals surface area contributed by atoms with Gasteiger partial charge >= 0.3 is 12.4 Å². The number of fused-ring (bicyclic) bond motifs is 1. The summed E-state index contributed by atoms with van der Waals surface area (Å²) in [5, 5.41) is 0.605. The van der Waals surface area contributed by atoms with Crippen molar-refractivity contribution in [3.63, 3.8) is 0 Å². The van der Waals surface area contributed by atoms with Gasteiger partial charge in [-0.2, -0.15) is 26.3 Å². The van der Waals surface area contributed by atoms with Crippen LogP contribution in [-0.2, 0) is 21.5 Å². The van der Waals surface area contributed by atoms with Gasteiger partial charge in [0.2, 0.25) is 0 Å². The Bertz CT molecular complexity index is 2400. The summed E-state index contributed by atoms with van der Waals surface area (Å²) in [5.74, 6) is 0. The Kier molecular flexibility index (Phi) is 9.10. The summed E-state index contributed by atoms with van der Waals surface area (Å²) in [5.41, 5.74) is -4.19. The van der Waals surface area contributed by atoms with Crippen molar-refractivity contribution in [2.24, 2.45) is 0 Å². The van der Waals surface area contributed by atoms with E-state index in [4.69, 9.17) is 0 Å². The molecule has 0 saturated carbocycles. The molecule has 0 aliphatic carbocycles. The molecular formula is C42H28F6O2P2. The van der Waals surface area contributed by atoms with Gasteiger partial charge in [-0.1, -0.05) is 152 Å². The first kappa shape index (κ1) is 35.3. The third-order valence-electron chi connectivity index (χ3n) is 9.07. The van der Waals surface area contributed by atoms with Gasteiger partial charge in [0.1, 0.15) is 0 Å². The van der Waals surface area contributed by atoms with E-state index >= 15 is 22.3 Å². The van der Waals surface area contributed by atoms with Gasteiger partial charge in [0.25, 0.3) is 0 Å². The standard InChI is InChI=1S/C42H28F6O2P2/c43-41(44,45)30-27-36(42(46,47)48)40(38(28-30)52(50,33-20-9-3-10-21-33)34-22-11-4-12-23-34)39-35-24-14-13-15-29(35)25-26-37(39)51(49,31-16-5-1-6-17-31)32-18-7-2-8-19-32/h1-28H. The first-order valence-corrected chi connectivity index (χ1v) is 19.5. The second-order valence-electron chi connectivity index (χ2n) is 12.2. The highest BCUT2D eigenvalue weighted by Crippen LogP contribution is 2.53. The van der Waals surface area contributed by atoms with Gasteiger partial charge in [-0.25, -0.2) is 0 Å². The van der Waals surface area contributed by atoms with Crippen LogP contribution >= 0.6 is 14.3 Å². The molecule has 0 spiro atoms. The van der Waals surface area contributed by atoms with Crippen LogP contribution < -0.4 is 31.8 Å². The average molecular weight is 741 g/mol. The zero-order valence-electron chi connectivity index (χ0n) is 27.1. The fraction of sp³-hybridized carbons (Fsp3) is 0.0476. The maximum Gasteiger partial charge on any atom is 0.417 e. The van der Waals surface area contributed by atoms with E-state index < -0.39 is 48.6 Å². The summed E-state index contributed by atoms with van der Waals surface area (Å²) in [4.78, 5) is 0. The molecule has 2 nitrogen and oxygen atoms in total. The van der Waals surface area contributed by atoms with Crippen molar-refractivity contribution >= 4 is 56.9 Å². The molecule has 7 aromatic carbocycles. The third kappa shape index (κ3) is 6.10. The molecule has 0 atom stereocenters. The van der Waals surface area contributed by atoms with Crippen molar-refractivity contribution in [2.75, 3.05) is 0 Å². The topological polar surface area (TPSA) is 34.1 Å². The van der Waals surface area contributed by atoms with Crippen LogP contribution in [0.15, 0.2) is 170 Å². The van der Waals surface area contributed by atoms with E-state index in [0.717, 1.165) is 0 Å². The summed E-state index contributed by atoms with van der Waals surface area (Å²) >= 11 is 0. The largest absolute Gasteiger partial charge is 0.417 e. The lowest BCUT2D eigenvalue weighted by Crippen LogP contribution is -2.32. The quantitative estimate of drug-likeness (QED) is 0.121. The molecule has 7 aromatic rings. The van der Waals surface area contributed by atoms with Gasteiger partial charge in [0.15, 0.2) is 14.3 Å². The first-order chi connectivity index (χ1) is 24.8. The smallest absolute Gasteiger partial charge is 0.309 e. The van der Waals surface area contributed by atoms with Gasteiger partial charge in [-0.3, -0.25) is 0 Å². The number of alkyl halides is 6. The third-order valence-corrected chi connectivity index (χ3v) is 15.2. The fourth-order valence-electron chi connectivity index (χ4n) is 6.72. The predicted molar refractivity (Wildman–Crippen MR) is 198 cm³/mol.